The molecule has 17 heavy (non-hydrogen) atoms. The van der Waals surface area contributed by atoms with Crippen molar-refractivity contribution in [1.29, 1.82) is 0 Å². The lowest BCUT2D eigenvalue weighted by Crippen LogP contribution is -2.05. The third-order valence-electron chi connectivity index (χ3n) is 2.42. The van der Waals surface area contributed by atoms with Crippen LogP contribution in [0.5, 0.6) is 5.75 Å². The summed E-state index contributed by atoms with van der Waals surface area (Å²) in [6.07, 6.45) is 0.203. The first-order chi connectivity index (χ1) is 8.06. The summed E-state index contributed by atoms with van der Waals surface area (Å²) in [7, 11) is 0. The van der Waals surface area contributed by atoms with Gasteiger partial charge in [-0.1, -0.05) is 12.1 Å². The smallest absolute Gasteiger partial charge is 0.119 e. The van der Waals surface area contributed by atoms with Gasteiger partial charge in [-0.15, -0.1) is 11.3 Å². The van der Waals surface area contributed by atoms with E-state index >= 15 is 0 Å². The highest BCUT2D eigenvalue weighted by Gasteiger charge is 2.06. The molecule has 3 heteroatoms. The number of rotatable bonds is 3. The number of benzene rings is 1. The maximum Gasteiger partial charge on any atom is 0.119 e. The van der Waals surface area contributed by atoms with Gasteiger partial charge in [0, 0.05) is 10.4 Å². The molecule has 90 valence electrons. The second kappa shape index (κ2) is 4.80. The number of nitrogens with two attached hydrogens (primary N) is 1. The van der Waals surface area contributed by atoms with Crippen molar-refractivity contribution in [2.45, 2.75) is 26.9 Å². The van der Waals surface area contributed by atoms with E-state index in [4.69, 9.17) is 10.5 Å². The van der Waals surface area contributed by atoms with E-state index in [0.717, 1.165) is 21.9 Å². The summed E-state index contributed by atoms with van der Waals surface area (Å²) in [4.78, 5) is 1.24. The Morgan fingerprint density at radius 2 is 1.82 bits per heavy atom. The van der Waals surface area contributed by atoms with Crippen molar-refractivity contribution >= 4 is 16.3 Å². The summed E-state index contributed by atoms with van der Waals surface area (Å²) in [5.41, 5.74) is 8.24. The van der Waals surface area contributed by atoms with Crippen LogP contribution in [0, 0.1) is 6.92 Å². The second-order valence-electron chi connectivity index (χ2n) is 4.33. The van der Waals surface area contributed by atoms with Crippen molar-refractivity contribution in [2.75, 3.05) is 5.73 Å². The molecule has 1 heterocycles. The van der Waals surface area contributed by atoms with Gasteiger partial charge in [-0.25, -0.2) is 0 Å². The van der Waals surface area contributed by atoms with Crippen molar-refractivity contribution in [3.05, 3.63) is 35.2 Å². The number of nitrogen functional groups attached to an aromatic ring is 1. The molecule has 0 atom stereocenters. The zero-order valence-electron chi connectivity index (χ0n) is 10.4. The van der Waals surface area contributed by atoms with Gasteiger partial charge in [-0.05, 0) is 44.5 Å². The van der Waals surface area contributed by atoms with Crippen LogP contribution < -0.4 is 10.5 Å². The summed E-state index contributed by atoms with van der Waals surface area (Å²) in [6, 6.07) is 10.2. The topological polar surface area (TPSA) is 35.2 Å². The molecule has 0 aliphatic rings. The second-order valence-corrected chi connectivity index (χ2v) is 5.61. The average molecular weight is 247 g/mol. The monoisotopic (exact) mass is 247 g/mol. The van der Waals surface area contributed by atoms with Gasteiger partial charge in [-0.3, -0.25) is 0 Å². The number of anilines is 1. The zero-order chi connectivity index (χ0) is 12.4. The first kappa shape index (κ1) is 12.0. The first-order valence-corrected chi connectivity index (χ1v) is 6.51. The normalized spacial score (nSPS) is 10.8. The Labute approximate surface area is 106 Å². The molecule has 0 aliphatic heterocycles. The zero-order valence-corrected chi connectivity index (χ0v) is 11.2. The fourth-order valence-corrected chi connectivity index (χ4v) is 2.55. The summed E-state index contributed by atoms with van der Waals surface area (Å²) >= 11 is 1.63. The highest BCUT2D eigenvalue weighted by Crippen LogP contribution is 2.34. The summed E-state index contributed by atoms with van der Waals surface area (Å²) in [5.74, 6) is 0.897. The van der Waals surface area contributed by atoms with Gasteiger partial charge in [0.15, 0.2) is 0 Å². The van der Waals surface area contributed by atoms with Crippen LogP contribution >= 0.6 is 11.3 Å². The van der Waals surface area contributed by atoms with Gasteiger partial charge in [0.05, 0.1) is 11.1 Å². The summed E-state index contributed by atoms with van der Waals surface area (Å²) < 4.78 is 5.61. The molecular formula is C14H17NOS. The van der Waals surface area contributed by atoms with Gasteiger partial charge >= 0.3 is 0 Å². The predicted molar refractivity (Wildman–Crippen MR) is 74.7 cm³/mol. The van der Waals surface area contributed by atoms with Gasteiger partial charge in [0.2, 0.25) is 0 Å². The number of hydrogen-bond acceptors (Lipinski definition) is 3. The van der Waals surface area contributed by atoms with Crippen LogP contribution in [0.4, 0.5) is 5.00 Å². The maximum absolute atomic E-state index is 5.98. The van der Waals surface area contributed by atoms with Crippen LogP contribution in [-0.4, -0.2) is 6.10 Å². The Kier molecular flexibility index (Phi) is 3.38. The Hall–Kier alpha value is -1.48. The number of hydrogen-bond donors (Lipinski definition) is 1. The standard InChI is InChI=1S/C14H17NOS/c1-9(2)16-12-6-4-11(5-7-12)13-8-10(3)17-14(13)15/h4-9H,15H2,1-3H3. The summed E-state index contributed by atoms with van der Waals surface area (Å²) in [6.45, 7) is 6.11. The molecule has 0 bridgehead atoms. The molecular weight excluding hydrogens is 230 g/mol. The van der Waals surface area contributed by atoms with Gasteiger partial charge in [0.1, 0.15) is 5.75 Å². The molecule has 0 amide bonds. The van der Waals surface area contributed by atoms with Crippen LogP contribution in [0.3, 0.4) is 0 Å². The molecule has 2 N–H and O–H groups in total. The van der Waals surface area contributed by atoms with E-state index < -0.39 is 0 Å². The maximum atomic E-state index is 5.98. The third-order valence-corrected chi connectivity index (χ3v) is 3.30. The minimum absolute atomic E-state index is 0.203. The molecule has 0 saturated carbocycles. The lowest BCUT2D eigenvalue weighted by molar-refractivity contribution is 0.242. The number of thiophene rings is 1. The molecule has 1 aromatic carbocycles. The Morgan fingerprint density at radius 3 is 2.29 bits per heavy atom. The van der Waals surface area contributed by atoms with E-state index in [1.54, 1.807) is 11.3 Å². The van der Waals surface area contributed by atoms with Crippen LogP contribution in [-0.2, 0) is 0 Å². The van der Waals surface area contributed by atoms with E-state index in [-0.39, 0.29) is 6.10 Å². The van der Waals surface area contributed by atoms with Crippen molar-refractivity contribution in [3.63, 3.8) is 0 Å². The molecule has 2 nitrogen and oxygen atoms in total. The van der Waals surface area contributed by atoms with Crippen molar-refractivity contribution in [1.82, 2.24) is 0 Å². The largest absolute Gasteiger partial charge is 0.491 e. The van der Waals surface area contributed by atoms with E-state index in [1.165, 1.54) is 4.88 Å². The molecule has 0 fully saturated rings. The van der Waals surface area contributed by atoms with E-state index in [2.05, 4.69) is 25.1 Å². The van der Waals surface area contributed by atoms with E-state index in [0.29, 0.717) is 0 Å². The van der Waals surface area contributed by atoms with Gasteiger partial charge in [0.25, 0.3) is 0 Å². The van der Waals surface area contributed by atoms with Crippen LogP contribution in [0.15, 0.2) is 30.3 Å². The number of ether oxygens (including phenoxy) is 1. The highest BCUT2D eigenvalue weighted by molar-refractivity contribution is 7.16. The lowest BCUT2D eigenvalue weighted by Gasteiger charge is -2.09. The van der Waals surface area contributed by atoms with Gasteiger partial charge < -0.3 is 10.5 Å². The fraction of sp³-hybridized carbons (Fsp3) is 0.286. The minimum Gasteiger partial charge on any atom is -0.491 e. The van der Waals surface area contributed by atoms with Crippen molar-refractivity contribution in [2.24, 2.45) is 0 Å². The molecule has 0 unspecified atom stereocenters. The van der Waals surface area contributed by atoms with Crippen molar-refractivity contribution < 1.29 is 4.74 Å². The molecule has 0 saturated heterocycles. The van der Waals surface area contributed by atoms with Gasteiger partial charge in [-0.2, -0.15) is 0 Å². The van der Waals surface area contributed by atoms with Crippen molar-refractivity contribution in [3.8, 4) is 16.9 Å². The predicted octanol–water partition coefficient (Wildman–Crippen LogP) is 4.09. The minimum atomic E-state index is 0.203. The van der Waals surface area contributed by atoms with Crippen LogP contribution in [0.1, 0.15) is 18.7 Å². The fourth-order valence-electron chi connectivity index (χ4n) is 1.74. The van der Waals surface area contributed by atoms with E-state index in [1.807, 2.05) is 26.0 Å². The first-order valence-electron chi connectivity index (χ1n) is 5.69. The summed E-state index contributed by atoms with van der Waals surface area (Å²) in [5, 5.41) is 0.875. The molecule has 1 aromatic heterocycles. The Balaban J connectivity index is 2.26. The molecule has 0 radical (unpaired) electrons. The van der Waals surface area contributed by atoms with Crippen LogP contribution in [0.25, 0.3) is 11.1 Å². The lowest BCUT2D eigenvalue weighted by atomic mass is 10.1. The molecule has 2 aromatic rings. The number of aryl methyl sites for hydroxylation is 1. The molecule has 0 spiro atoms. The van der Waals surface area contributed by atoms with E-state index in [9.17, 15) is 0 Å². The average Bonchev–Trinajstić information content (AvgIpc) is 2.58. The molecule has 2 rings (SSSR count). The third kappa shape index (κ3) is 2.80. The highest BCUT2D eigenvalue weighted by atomic mass is 32.1. The SMILES string of the molecule is Cc1cc(-c2ccc(OC(C)C)cc2)c(N)s1. The Bertz CT molecular complexity index is 499. The Morgan fingerprint density at radius 1 is 1.18 bits per heavy atom. The molecule has 0 aliphatic carbocycles. The quantitative estimate of drug-likeness (QED) is 0.886. The van der Waals surface area contributed by atoms with Crippen LogP contribution in [0.2, 0.25) is 0 Å².